The van der Waals surface area contributed by atoms with Crippen LogP contribution in [0.1, 0.15) is 53.5 Å². The zero-order valence-corrected chi connectivity index (χ0v) is 24.1. The van der Waals surface area contributed by atoms with Crippen LogP contribution in [0.25, 0.3) is 0 Å². The van der Waals surface area contributed by atoms with E-state index in [1.165, 1.54) is 48.1 Å². The van der Waals surface area contributed by atoms with Gasteiger partial charge in [0.05, 0.1) is 22.5 Å². The molecule has 4 heterocycles. The summed E-state index contributed by atoms with van der Waals surface area (Å²) in [5, 5.41) is 19.3. The van der Waals surface area contributed by atoms with Crippen LogP contribution in [0.4, 0.5) is 17.1 Å². The Labute approximate surface area is 244 Å². The van der Waals surface area contributed by atoms with E-state index in [1.807, 2.05) is 24.3 Å². The third-order valence-corrected chi connectivity index (χ3v) is 10.1. The Morgan fingerprint density at radius 1 is 0.634 bits per heavy atom. The number of anilines is 3. The first-order chi connectivity index (χ1) is 20.0. The quantitative estimate of drug-likeness (QED) is 0.409. The van der Waals surface area contributed by atoms with Crippen LogP contribution in [-0.4, -0.2) is 55.2 Å². The normalized spacial score (nSPS) is 25.3. The molecule has 0 spiro atoms. The fourth-order valence-electron chi connectivity index (χ4n) is 8.16. The van der Waals surface area contributed by atoms with Crippen molar-refractivity contribution in [3.63, 3.8) is 0 Å². The first kappa shape index (κ1) is 25.9. The van der Waals surface area contributed by atoms with Gasteiger partial charge in [-0.25, -0.2) is 0 Å². The van der Waals surface area contributed by atoms with Crippen LogP contribution >= 0.6 is 0 Å². The third-order valence-electron chi connectivity index (χ3n) is 10.1. The van der Waals surface area contributed by atoms with E-state index >= 15 is 0 Å². The van der Waals surface area contributed by atoms with Gasteiger partial charge in [0, 0.05) is 62.6 Å². The van der Waals surface area contributed by atoms with Crippen molar-refractivity contribution in [3.05, 3.63) is 88.5 Å². The molecule has 4 atom stereocenters. The Kier molecular flexibility index (Phi) is 6.60. The summed E-state index contributed by atoms with van der Waals surface area (Å²) >= 11 is 0. The highest BCUT2D eigenvalue weighted by Gasteiger charge is 2.42. The molecule has 0 saturated carbocycles. The molecule has 3 aromatic rings. The van der Waals surface area contributed by atoms with E-state index in [4.69, 9.17) is 0 Å². The molecule has 0 N–H and O–H groups in total. The maximum atomic E-state index is 9.69. The highest BCUT2D eigenvalue weighted by Crippen LogP contribution is 2.41. The molecule has 6 heteroatoms. The zero-order chi connectivity index (χ0) is 28.1. The molecule has 4 bridgehead atoms. The summed E-state index contributed by atoms with van der Waals surface area (Å²) in [4.78, 5) is 10.4. The largest absolute Gasteiger partial charge is 0.367 e. The maximum absolute atomic E-state index is 9.69. The Hall–Kier alpha value is -4.00. The highest BCUT2D eigenvalue weighted by molar-refractivity contribution is 5.65. The van der Waals surface area contributed by atoms with Crippen molar-refractivity contribution >= 4 is 17.1 Å². The number of nitrogens with zero attached hydrogens (tertiary/aromatic N) is 6. The zero-order valence-electron chi connectivity index (χ0n) is 24.1. The van der Waals surface area contributed by atoms with Gasteiger partial charge in [-0.3, -0.25) is 4.90 Å². The minimum atomic E-state index is 0.467. The molecule has 0 radical (unpaired) electrons. The van der Waals surface area contributed by atoms with E-state index in [-0.39, 0.29) is 0 Å². The first-order valence-corrected chi connectivity index (χ1v) is 15.2. The van der Waals surface area contributed by atoms with Gasteiger partial charge >= 0.3 is 0 Å². The van der Waals surface area contributed by atoms with Gasteiger partial charge < -0.3 is 14.7 Å². The maximum Gasteiger partial charge on any atom is 0.101 e. The van der Waals surface area contributed by atoms with E-state index in [0.717, 1.165) is 55.2 Å². The Morgan fingerprint density at radius 3 is 1.66 bits per heavy atom. The van der Waals surface area contributed by atoms with E-state index in [1.54, 1.807) is 0 Å². The van der Waals surface area contributed by atoms with Crippen LogP contribution in [0.2, 0.25) is 0 Å². The van der Waals surface area contributed by atoms with Crippen molar-refractivity contribution in [1.82, 2.24) is 4.90 Å². The Bertz CT molecular complexity index is 1520. The summed E-state index contributed by atoms with van der Waals surface area (Å²) in [5.41, 5.74) is 9.34. The molecule has 7 rings (SSSR count). The SMILES string of the molecule is Cc1cc(C)c(N2C3CCC2CN(c2ccccc2C#N)C3)cc1CN1C2CCC1CN(c1ccccc1C#N)C2. The predicted molar refractivity (Wildman–Crippen MR) is 164 cm³/mol. The molecule has 4 unspecified atom stereocenters. The average molecular weight is 543 g/mol. The number of benzene rings is 3. The van der Waals surface area contributed by atoms with Crippen LogP contribution < -0.4 is 14.7 Å². The molecule has 4 saturated heterocycles. The summed E-state index contributed by atoms with van der Waals surface area (Å²) in [7, 11) is 0. The van der Waals surface area contributed by atoms with E-state index in [0.29, 0.717) is 24.2 Å². The van der Waals surface area contributed by atoms with Gasteiger partial charge in [0.1, 0.15) is 12.1 Å². The van der Waals surface area contributed by atoms with Gasteiger partial charge in [-0.15, -0.1) is 0 Å². The van der Waals surface area contributed by atoms with Gasteiger partial charge in [0.15, 0.2) is 0 Å². The van der Waals surface area contributed by atoms with Gasteiger partial charge in [0.25, 0.3) is 0 Å². The second-order valence-corrected chi connectivity index (χ2v) is 12.5. The predicted octanol–water partition coefficient (Wildman–Crippen LogP) is 5.76. The lowest BCUT2D eigenvalue weighted by atomic mass is 9.99. The van der Waals surface area contributed by atoms with Crippen LogP contribution in [0.15, 0.2) is 60.7 Å². The molecule has 0 amide bonds. The van der Waals surface area contributed by atoms with E-state index in [2.05, 4.69) is 82.0 Å². The number of hydrogen-bond acceptors (Lipinski definition) is 6. The summed E-state index contributed by atoms with van der Waals surface area (Å²) < 4.78 is 0. The number of nitriles is 2. The number of fused-ring (bicyclic) bond motifs is 4. The van der Waals surface area contributed by atoms with Crippen molar-refractivity contribution in [1.29, 1.82) is 10.5 Å². The topological polar surface area (TPSA) is 60.5 Å². The van der Waals surface area contributed by atoms with Gasteiger partial charge in [-0.05, 0) is 86.6 Å². The molecule has 0 aliphatic carbocycles. The van der Waals surface area contributed by atoms with Gasteiger partial charge in [-0.1, -0.05) is 30.3 Å². The molecule has 208 valence electrons. The highest BCUT2D eigenvalue weighted by atomic mass is 15.3. The molecular formula is C35H38N6. The lowest BCUT2D eigenvalue weighted by Gasteiger charge is -2.45. The van der Waals surface area contributed by atoms with Crippen molar-refractivity contribution < 1.29 is 0 Å². The van der Waals surface area contributed by atoms with Crippen molar-refractivity contribution in [3.8, 4) is 12.1 Å². The third kappa shape index (κ3) is 4.52. The Morgan fingerprint density at radius 2 is 1.12 bits per heavy atom. The number of hydrogen-bond donors (Lipinski definition) is 0. The second-order valence-electron chi connectivity index (χ2n) is 12.5. The minimum absolute atomic E-state index is 0.467. The van der Waals surface area contributed by atoms with Crippen LogP contribution in [0.5, 0.6) is 0 Å². The first-order valence-electron chi connectivity index (χ1n) is 15.2. The van der Waals surface area contributed by atoms with Gasteiger partial charge in [0.2, 0.25) is 0 Å². The molecule has 41 heavy (non-hydrogen) atoms. The standard InChI is InChI=1S/C35H38N6/c1-24-15-25(2)35(41-31-13-14-32(41)23-39(22-31)34-10-6-4-8-27(34)18-37)16-28(24)19-40-29-11-12-30(40)21-38(20-29)33-9-5-3-7-26(33)17-36/h3-10,15-16,29-32H,11-14,19-23H2,1-2H3. The number of aryl methyl sites for hydroxylation is 2. The lowest BCUT2D eigenvalue weighted by molar-refractivity contribution is 0.160. The molecule has 6 nitrogen and oxygen atoms in total. The molecule has 0 aromatic heterocycles. The average Bonchev–Trinajstić information content (AvgIpc) is 3.37. The number of para-hydroxylation sites is 2. The lowest BCUT2D eigenvalue weighted by Crippen LogP contribution is -2.54. The smallest absolute Gasteiger partial charge is 0.101 e. The minimum Gasteiger partial charge on any atom is -0.367 e. The molecular weight excluding hydrogens is 504 g/mol. The molecule has 4 aliphatic rings. The van der Waals surface area contributed by atoms with Crippen molar-refractivity contribution in [2.45, 2.75) is 70.2 Å². The van der Waals surface area contributed by atoms with Crippen LogP contribution in [-0.2, 0) is 6.54 Å². The van der Waals surface area contributed by atoms with E-state index < -0.39 is 0 Å². The summed E-state index contributed by atoms with van der Waals surface area (Å²) in [5.74, 6) is 0. The fourth-order valence-corrected chi connectivity index (χ4v) is 8.16. The summed E-state index contributed by atoms with van der Waals surface area (Å²) in [6.45, 7) is 9.46. The van der Waals surface area contributed by atoms with Crippen molar-refractivity contribution in [2.24, 2.45) is 0 Å². The number of piperazine rings is 2. The van der Waals surface area contributed by atoms with E-state index in [9.17, 15) is 10.5 Å². The van der Waals surface area contributed by atoms with Crippen LogP contribution in [0, 0.1) is 36.5 Å². The fraction of sp³-hybridized carbons (Fsp3) is 0.429. The summed E-state index contributed by atoms with van der Waals surface area (Å²) in [6.07, 6.45) is 4.86. The molecule has 4 aliphatic heterocycles. The van der Waals surface area contributed by atoms with Crippen LogP contribution in [0.3, 0.4) is 0 Å². The molecule has 3 aromatic carbocycles. The monoisotopic (exact) mass is 542 g/mol. The van der Waals surface area contributed by atoms with Gasteiger partial charge in [-0.2, -0.15) is 10.5 Å². The molecule has 4 fully saturated rings. The second kappa shape index (κ2) is 10.4. The number of rotatable bonds is 5. The Balaban J connectivity index is 1.11. The summed E-state index contributed by atoms with van der Waals surface area (Å²) in [6, 6.07) is 27.8. The van der Waals surface area contributed by atoms with Crippen molar-refractivity contribution in [2.75, 3.05) is 40.9 Å².